The molecule has 0 spiro atoms. The average Bonchev–Trinajstić information content (AvgIpc) is 3.31. The van der Waals surface area contributed by atoms with E-state index in [-0.39, 0.29) is 6.42 Å². The van der Waals surface area contributed by atoms with Crippen molar-refractivity contribution in [2.24, 2.45) is 0 Å². The van der Waals surface area contributed by atoms with Crippen LogP contribution in [0.15, 0.2) is 36.4 Å². The van der Waals surface area contributed by atoms with Gasteiger partial charge in [-0.15, -0.1) is 11.3 Å². The molecule has 2 aromatic heterocycles. The van der Waals surface area contributed by atoms with Crippen molar-refractivity contribution in [2.45, 2.75) is 33.6 Å². The fraction of sp³-hybridized carbons (Fsp3) is 0.308. The summed E-state index contributed by atoms with van der Waals surface area (Å²) in [6.07, 6.45) is 0.672. The van der Waals surface area contributed by atoms with Gasteiger partial charge in [-0.2, -0.15) is 0 Å². The van der Waals surface area contributed by atoms with E-state index in [1.54, 1.807) is 18.4 Å². The number of ether oxygens (including phenoxy) is 3. The van der Waals surface area contributed by atoms with Gasteiger partial charge in [0.15, 0.2) is 11.5 Å². The van der Waals surface area contributed by atoms with Crippen LogP contribution >= 0.6 is 11.3 Å². The zero-order valence-electron chi connectivity index (χ0n) is 19.7. The van der Waals surface area contributed by atoms with Gasteiger partial charge in [0, 0.05) is 33.5 Å². The van der Waals surface area contributed by atoms with E-state index < -0.39 is 5.97 Å². The molecule has 0 amide bonds. The number of carbonyl (C=O) groups is 1. The number of rotatable bonds is 10. The number of carboxylic acid groups (broad SMARTS) is 1. The van der Waals surface area contributed by atoms with E-state index in [0.29, 0.717) is 36.8 Å². The first-order valence-corrected chi connectivity index (χ1v) is 11.9. The molecule has 0 saturated heterocycles. The highest BCUT2D eigenvalue weighted by atomic mass is 32.1. The maximum Gasteiger partial charge on any atom is 0.309 e. The molecule has 0 aliphatic heterocycles. The molecule has 0 bridgehead atoms. The van der Waals surface area contributed by atoms with Crippen LogP contribution in [0.25, 0.3) is 21.5 Å². The molecular formula is C26H28N2O5S. The maximum atomic E-state index is 11.0. The molecular weight excluding hydrogens is 452 g/mol. The first-order chi connectivity index (χ1) is 16.4. The number of aliphatic carboxylic acids is 1. The van der Waals surface area contributed by atoms with Crippen LogP contribution in [0.3, 0.4) is 0 Å². The number of H-pyrrole nitrogens is 1. The highest BCUT2D eigenvalue weighted by molar-refractivity contribution is 7.15. The summed E-state index contributed by atoms with van der Waals surface area (Å²) in [5, 5.41) is 11.0. The molecule has 0 atom stereocenters. The third kappa shape index (κ3) is 5.17. The SMILES string of the molecule is COc1cc(-c2nc(C)c(C)s2)ccc1OCCCOc1ccc2[nH]c(CC(=O)O)c(C)c2c1. The Kier molecular flexibility index (Phi) is 7.07. The van der Waals surface area contributed by atoms with Gasteiger partial charge in [-0.3, -0.25) is 4.79 Å². The molecule has 0 saturated carbocycles. The van der Waals surface area contributed by atoms with Gasteiger partial charge in [0.05, 0.1) is 32.4 Å². The van der Waals surface area contributed by atoms with E-state index in [9.17, 15) is 4.79 Å². The summed E-state index contributed by atoms with van der Waals surface area (Å²) < 4.78 is 17.4. The number of nitrogens with zero attached hydrogens (tertiary/aromatic N) is 1. The highest BCUT2D eigenvalue weighted by Gasteiger charge is 2.13. The molecule has 0 unspecified atom stereocenters. The lowest BCUT2D eigenvalue weighted by atomic mass is 10.1. The second-order valence-electron chi connectivity index (χ2n) is 8.08. The van der Waals surface area contributed by atoms with Crippen molar-refractivity contribution in [3.63, 3.8) is 0 Å². The Bertz CT molecular complexity index is 1300. The zero-order chi connectivity index (χ0) is 24.2. The fourth-order valence-electron chi connectivity index (χ4n) is 3.73. The van der Waals surface area contributed by atoms with Gasteiger partial charge >= 0.3 is 5.97 Å². The van der Waals surface area contributed by atoms with Crippen molar-refractivity contribution in [3.8, 4) is 27.8 Å². The van der Waals surface area contributed by atoms with Gasteiger partial charge in [0.1, 0.15) is 10.8 Å². The van der Waals surface area contributed by atoms with Gasteiger partial charge < -0.3 is 24.3 Å². The number of methoxy groups -OCH3 is 1. The molecule has 2 N–H and O–H groups in total. The Morgan fingerprint density at radius 1 is 1.06 bits per heavy atom. The minimum atomic E-state index is -0.856. The molecule has 2 aromatic carbocycles. The first-order valence-electron chi connectivity index (χ1n) is 11.1. The van der Waals surface area contributed by atoms with Crippen molar-refractivity contribution in [3.05, 3.63) is 58.2 Å². The van der Waals surface area contributed by atoms with Crippen molar-refractivity contribution < 1.29 is 24.1 Å². The molecule has 2 heterocycles. The number of nitrogens with one attached hydrogen (secondary N) is 1. The normalized spacial score (nSPS) is 11.1. The van der Waals surface area contributed by atoms with E-state index in [1.165, 1.54) is 4.88 Å². The number of hydrogen-bond acceptors (Lipinski definition) is 6. The van der Waals surface area contributed by atoms with Crippen molar-refractivity contribution >= 4 is 28.2 Å². The lowest BCUT2D eigenvalue weighted by Crippen LogP contribution is -2.05. The van der Waals surface area contributed by atoms with Gasteiger partial charge in [-0.25, -0.2) is 4.98 Å². The molecule has 0 aliphatic rings. The predicted octanol–water partition coefficient (Wildman–Crippen LogP) is 5.70. The quantitative estimate of drug-likeness (QED) is 0.283. The van der Waals surface area contributed by atoms with Crippen LogP contribution in [0.5, 0.6) is 17.2 Å². The topological polar surface area (TPSA) is 93.7 Å². The number of carboxylic acids is 1. The number of fused-ring (bicyclic) bond motifs is 1. The number of aromatic amines is 1. The minimum absolute atomic E-state index is 0.0262. The summed E-state index contributed by atoms with van der Waals surface area (Å²) in [6, 6.07) is 11.6. The Hall–Kier alpha value is -3.52. The van der Waals surface area contributed by atoms with E-state index in [2.05, 4.69) is 16.9 Å². The van der Waals surface area contributed by atoms with Crippen LogP contribution in [-0.2, 0) is 11.2 Å². The van der Waals surface area contributed by atoms with E-state index in [4.69, 9.17) is 19.3 Å². The van der Waals surface area contributed by atoms with E-state index in [1.807, 2.05) is 50.2 Å². The van der Waals surface area contributed by atoms with E-state index >= 15 is 0 Å². The molecule has 34 heavy (non-hydrogen) atoms. The summed E-state index contributed by atoms with van der Waals surface area (Å²) in [5.74, 6) is 1.25. The van der Waals surface area contributed by atoms with Crippen LogP contribution in [0, 0.1) is 20.8 Å². The second kappa shape index (κ2) is 10.2. The van der Waals surface area contributed by atoms with Crippen molar-refractivity contribution in [2.75, 3.05) is 20.3 Å². The predicted molar refractivity (Wildman–Crippen MR) is 134 cm³/mol. The van der Waals surface area contributed by atoms with Crippen LogP contribution < -0.4 is 14.2 Å². The molecule has 0 fully saturated rings. The minimum Gasteiger partial charge on any atom is -0.493 e. The second-order valence-corrected chi connectivity index (χ2v) is 9.29. The number of thiazole rings is 1. The van der Waals surface area contributed by atoms with Crippen LogP contribution in [0.4, 0.5) is 0 Å². The largest absolute Gasteiger partial charge is 0.493 e. The molecule has 0 aliphatic carbocycles. The third-order valence-corrected chi connectivity index (χ3v) is 6.84. The van der Waals surface area contributed by atoms with Crippen molar-refractivity contribution in [1.82, 2.24) is 9.97 Å². The van der Waals surface area contributed by atoms with Gasteiger partial charge in [-0.1, -0.05) is 0 Å². The molecule has 178 valence electrons. The fourth-order valence-corrected chi connectivity index (χ4v) is 4.64. The van der Waals surface area contributed by atoms with Gasteiger partial charge in [0.25, 0.3) is 0 Å². The standard InChI is InChI=1S/C26H28N2O5S/c1-15-20-13-19(7-8-21(20)28-22(15)14-25(29)30)32-10-5-11-33-23-9-6-18(12-24(23)31-4)26-27-16(2)17(3)34-26/h6-9,12-13,28H,5,10-11,14H2,1-4H3,(H,29,30). The zero-order valence-corrected chi connectivity index (χ0v) is 20.5. The Labute approximate surface area is 202 Å². The highest BCUT2D eigenvalue weighted by Crippen LogP contribution is 2.35. The lowest BCUT2D eigenvalue weighted by molar-refractivity contribution is -0.136. The maximum absolute atomic E-state index is 11.0. The summed E-state index contributed by atoms with van der Waals surface area (Å²) in [7, 11) is 1.63. The van der Waals surface area contributed by atoms with Crippen molar-refractivity contribution in [1.29, 1.82) is 0 Å². The number of aryl methyl sites for hydroxylation is 3. The van der Waals surface area contributed by atoms with Crippen LogP contribution in [0.1, 0.15) is 28.2 Å². The monoisotopic (exact) mass is 480 g/mol. The molecule has 0 radical (unpaired) electrons. The van der Waals surface area contributed by atoms with E-state index in [0.717, 1.165) is 38.5 Å². The molecule has 8 heteroatoms. The lowest BCUT2D eigenvalue weighted by Gasteiger charge is -2.12. The first kappa shape index (κ1) is 23.6. The Morgan fingerprint density at radius 2 is 1.85 bits per heavy atom. The molecule has 7 nitrogen and oxygen atoms in total. The summed E-state index contributed by atoms with van der Waals surface area (Å²) >= 11 is 1.67. The smallest absolute Gasteiger partial charge is 0.309 e. The van der Waals surface area contributed by atoms with Crippen LogP contribution in [-0.4, -0.2) is 41.4 Å². The van der Waals surface area contributed by atoms with Gasteiger partial charge in [-0.05, 0) is 62.7 Å². The van der Waals surface area contributed by atoms with Gasteiger partial charge in [0.2, 0.25) is 0 Å². The van der Waals surface area contributed by atoms with Crippen LogP contribution in [0.2, 0.25) is 0 Å². The summed E-state index contributed by atoms with van der Waals surface area (Å²) in [4.78, 5) is 20.0. The summed E-state index contributed by atoms with van der Waals surface area (Å²) in [6.45, 7) is 6.99. The summed E-state index contributed by atoms with van der Waals surface area (Å²) in [5.41, 5.74) is 4.61. The number of benzene rings is 2. The third-order valence-electron chi connectivity index (χ3n) is 5.72. The molecule has 4 aromatic rings. The Morgan fingerprint density at radius 3 is 2.56 bits per heavy atom. The average molecular weight is 481 g/mol. The Balaban J connectivity index is 1.32. The number of aromatic nitrogens is 2. The number of hydrogen-bond donors (Lipinski definition) is 2. The molecule has 4 rings (SSSR count).